The number of benzene rings is 1. The number of nitrogens with zero attached hydrogens (tertiary/aromatic N) is 2. The summed E-state index contributed by atoms with van der Waals surface area (Å²) >= 11 is 11.3. The summed E-state index contributed by atoms with van der Waals surface area (Å²) in [6.45, 7) is -0.412. The Hall–Kier alpha value is -2.38. The van der Waals surface area contributed by atoms with Gasteiger partial charge in [0, 0.05) is 5.56 Å². The number of aromatic nitrogens is 2. The van der Waals surface area contributed by atoms with Gasteiger partial charge in [0.25, 0.3) is 17.4 Å². The first-order valence-corrected chi connectivity index (χ1v) is 6.80. The van der Waals surface area contributed by atoms with E-state index in [1.165, 1.54) is 0 Å². The summed E-state index contributed by atoms with van der Waals surface area (Å²) in [6, 6.07) is 8.32. The molecular formula is C13H10Cl2N4O3. The zero-order valence-electron chi connectivity index (χ0n) is 11.0. The first kappa shape index (κ1) is 16.0. The zero-order valence-corrected chi connectivity index (χ0v) is 12.6. The molecule has 0 spiro atoms. The molecule has 0 saturated heterocycles. The fraction of sp³-hybridized carbons (Fsp3) is 0.0769. The fourth-order valence-electron chi connectivity index (χ4n) is 1.52. The van der Waals surface area contributed by atoms with Crippen LogP contribution < -0.4 is 16.4 Å². The SMILES string of the molecule is O=C(Cn1ncc(Cl)c(Cl)c1=O)NNC(=O)c1ccccc1. The van der Waals surface area contributed by atoms with Crippen molar-refractivity contribution < 1.29 is 9.59 Å². The molecule has 2 aromatic rings. The molecule has 114 valence electrons. The molecule has 0 aliphatic carbocycles. The van der Waals surface area contributed by atoms with Crippen molar-refractivity contribution in [2.75, 3.05) is 0 Å². The van der Waals surface area contributed by atoms with Crippen molar-refractivity contribution in [3.8, 4) is 0 Å². The van der Waals surface area contributed by atoms with Gasteiger partial charge in [-0.05, 0) is 12.1 Å². The van der Waals surface area contributed by atoms with E-state index in [0.29, 0.717) is 5.56 Å². The first-order chi connectivity index (χ1) is 10.5. The molecule has 2 rings (SSSR count). The molecule has 7 nitrogen and oxygen atoms in total. The van der Waals surface area contributed by atoms with E-state index in [1.807, 2.05) is 0 Å². The fourth-order valence-corrected chi connectivity index (χ4v) is 1.79. The number of carbonyl (C=O) groups excluding carboxylic acids is 2. The van der Waals surface area contributed by atoms with Crippen LogP contribution in [0.4, 0.5) is 0 Å². The van der Waals surface area contributed by atoms with E-state index >= 15 is 0 Å². The standard InChI is InChI=1S/C13H10Cl2N4O3/c14-9-6-16-19(13(22)11(9)15)7-10(20)17-18-12(21)8-4-2-1-3-5-8/h1-6H,7H2,(H,17,20)(H,18,21). The minimum Gasteiger partial charge on any atom is -0.271 e. The molecule has 1 aromatic heterocycles. The highest BCUT2D eigenvalue weighted by Crippen LogP contribution is 2.14. The van der Waals surface area contributed by atoms with Crippen molar-refractivity contribution in [3.63, 3.8) is 0 Å². The first-order valence-electron chi connectivity index (χ1n) is 6.04. The molecule has 1 aromatic carbocycles. The van der Waals surface area contributed by atoms with Gasteiger partial charge in [-0.15, -0.1) is 0 Å². The third-order valence-corrected chi connectivity index (χ3v) is 3.34. The molecule has 0 atom stereocenters. The lowest BCUT2D eigenvalue weighted by Crippen LogP contribution is -2.44. The summed E-state index contributed by atoms with van der Waals surface area (Å²) < 4.78 is 0.832. The van der Waals surface area contributed by atoms with Gasteiger partial charge < -0.3 is 0 Å². The van der Waals surface area contributed by atoms with E-state index < -0.39 is 23.9 Å². The lowest BCUT2D eigenvalue weighted by molar-refractivity contribution is -0.122. The topological polar surface area (TPSA) is 93.1 Å². The number of hydrazine groups is 1. The molecule has 2 amide bonds. The summed E-state index contributed by atoms with van der Waals surface area (Å²) in [4.78, 5) is 35.1. The number of nitrogens with one attached hydrogen (secondary N) is 2. The largest absolute Gasteiger partial charge is 0.287 e. The molecule has 0 saturated carbocycles. The molecule has 22 heavy (non-hydrogen) atoms. The van der Waals surface area contributed by atoms with Crippen LogP contribution in [0, 0.1) is 0 Å². The van der Waals surface area contributed by atoms with Gasteiger partial charge in [-0.2, -0.15) is 5.10 Å². The van der Waals surface area contributed by atoms with Crippen LogP contribution in [0.3, 0.4) is 0 Å². The number of hydrogen-bond acceptors (Lipinski definition) is 4. The molecule has 0 aliphatic heterocycles. The van der Waals surface area contributed by atoms with Gasteiger partial charge in [-0.3, -0.25) is 25.2 Å². The van der Waals surface area contributed by atoms with E-state index in [0.717, 1.165) is 10.9 Å². The number of carbonyl (C=O) groups is 2. The third kappa shape index (κ3) is 3.84. The molecular weight excluding hydrogens is 331 g/mol. The molecule has 2 N–H and O–H groups in total. The van der Waals surface area contributed by atoms with Crippen molar-refractivity contribution in [2.24, 2.45) is 0 Å². The van der Waals surface area contributed by atoms with Crippen molar-refractivity contribution in [3.05, 3.63) is 62.5 Å². The average molecular weight is 341 g/mol. The zero-order chi connectivity index (χ0) is 16.1. The van der Waals surface area contributed by atoms with Gasteiger partial charge >= 0.3 is 0 Å². The maximum absolute atomic E-state index is 11.7. The Morgan fingerprint density at radius 2 is 1.82 bits per heavy atom. The van der Waals surface area contributed by atoms with Crippen LogP contribution in [0.15, 0.2) is 41.3 Å². The maximum atomic E-state index is 11.7. The van der Waals surface area contributed by atoms with Crippen LogP contribution in [-0.2, 0) is 11.3 Å². The summed E-state index contributed by atoms with van der Waals surface area (Å²) in [5, 5.41) is 3.45. The number of hydrogen-bond donors (Lipinski definition) is 2. The Labute approximate surface area is 134 Å². The quantitative estimate of drug-likeness (QED) is 0.815. The monoisotopic (exact) mass is 340 g/mol. The highest BCUT2D eigenvalue weighted by Gasteiger charge is 2.11. The average Bonchev–Trinajstić information content (AvgIpc) is 2.54. The molecule has 0 unspecified atom stereocenters. The van der Waals surface area contributed by atoms with Gasteiger partial charge in [-0.1, -0.05) is 41.4 Å². The molecule has 1 heterocycles. The normalized spacial score (nSPS) is 10.1. The smallest absolute Gasteiger partial charge is 0.271 e. The summed E-state index contributed by atoms with van der Waals surface area (Å²) in [7, 11) is 0. The summed E-state index contributed by atoms with van der Waals surface area (Å²) in [6.07, 6.45) is 1.15. The van der Waals surface area contributed by atoms with E-state index in [1.54, 1.807) is 30.3 Å². The highest BCUT2D eigenvalue weighted by molar-refractivity contribution is 6.41. The third-order valence-electron chi connectivity index (χ3n) is 2.59. The van der Waals surface area contributed by atoms with Gasteiger partial charge in [-0.25, -0.2) is 4.68 Å². The molecule has 0 aliphatic rings. The van der Waals surface area contributed by atoms with Gasteiger partial charge in [0.05, 0.1) is 11.2 Å². The molecule has 0 radical (unpaired) electrons. The lowest BCUT2D eigenvalue weighted by Gasteiger charge is -2.08. The minimum absolute atomic E-state index is 0.000653. The van der Waals surface area contributed by atoms with Gasteiger partial charge in [0.15, 0.2) is 0 Å². The Morgan fingerprint density at radius 3 is 2.50 bits per heavy atom. The van der Waals surface area contributed by atoms with Gasteiger partial charge in [0.1, 0.15) is 11.6 Å². The second-order valence-electron chi connectivity index (χ2n) is 4.14. The second kappa shape index (κ2) is 7.06. The van der Waals surface area contributed by atoms with Crippen LogP contribution in [0.25, 0.3) is 0 Å². The van der Waals surface area contributed by atoms with Crippen molar-refractivity contribution in [1.29, 1.82) is 0 Å². The number of amides is 2. The van der Waals surface area contributed by atoms with Crippen molar-refractivity contribution in [2.45, 2.75) is 6.54 Å². The van der Waals surface area contributed by atoms with E-state index in [-0.39, 0.29) is 10.0 Å². The lowest BCUT2D eigenvalue weighted by atomic mass is 10.2. The molecule has 0 fully saturated rings. The Kier molecular flexibility index (Phi) is 5.13. The van der Waals surface area contributed by atoms with E-state index in [4.69, 9.17) is 23.2 Å². The molecule has 9 heteroatoms. The van der Waals surface area contributed by atoms with E-state index in [9.17, 15) is 14.4 Å². The Balaban J connectivity index is 1.96. The van der Waals surface area contributed by atoms with Crippen molar-refractivity contribution in [1.82, 2.24) is 20.6 Å². The van der Waals surface area contributed by atoms with Crippen molar-refractivity contribution >= 4 is 35.0 Å². The summed E-state index contributed by atoms with van der Waals surface area (Å²) in [5.74, 6) is -1.12. The maximum Gasteiger partial charge on any atom is 0.287 e. The number of halogens is 2. The van der Waals surface area contributed by atoms with Crippen LogP contribution in [0.1, 0.15) is 10.4 Å². The summed E-state index contributed by atoms with van der Waals surface area (Å²) in [5.41, 5.74) is 4.09. The Bertz CT molecular complexity index is 762. The molecule has 0 bridgehead atoms. The van der Waals surface area contributed by atoms with Crippen LogP contribution in [0.2, 0.25) is 10.0 Å². The highest BCUT2D eigenvalue weighted by atomic mass is 35.5. The van der Waals surface area contributed by atoms with Crippen LogP contribution >= 0.6 is 23.2 Å². The predicted octanol–water partition coefficient (Wildman–Crippen LogP) is 1.01. The van der Waals surface area contributed by atoms with Crippen LogP contribution in [-0.4, -0.2) is 21.6 Å². The number of rotatable bonds is 3. The second-order valence-corrected chi connectivity index (χ2v) is 4.92. The van der Waals surface area contributed by atoms with Gasteiger partial charge in [0.2, 0.25) is 0 Å². The Morgan fingerprint density at radius 1 is 1.14 bits per heavy atom. The van der Waals surface area contributed by atoms with E-state index in [2.05, 4.69) is 16.0 Å². The van der Waals surface area contributed by atoms with Crippen LogP contribution in [0.5, 0.6) is 0 Å². The predicted molar refractivity (Wildman–Crippen MR) is 80.6 cm³/mol. The minimum atomic E-state index is -0.696.